The van der Waals surface area contributed by atoms with E-state index in [4.69, 9.17) is 47.3 Å². The van der Waals surface area contributed by atoms with Gasteiger partial charge in [-0.2, -0.15) is 6.20 Å². The van der Waals surface area contributed by atoms with Crippen LogP contribution in [0, 0.1) is 60.7 Å². The fourth-order valence-electron chi connectivity index (χ4n) is 1.38. The Labute approximate surface area is 223 Å². The molecule has 0 amide bonds. The van der Waals surface area contributed by atoms with Gasteiger partial charge in [0.2, 0.25) is 0 Å². The minimum absolute atomic E-state index is 0. The quantitative estimate of drug-likeness (QED) is 0.274. The van der Waals surface area contributed by atoms with Gasteiger partial charge in [0.1, 0.15) is 0 Å². The molecule has 0 aliphatic carbocycles. The summed E-state index contributed by atoms with van der Waals surface area (Å²) < 4.78 is 0. The Hall–Kier alpha value is -0.0597. The van der Waals surface area contributed by atoms with Gasteiger partial charge in [-0.3, -0.25) is 0 Å². The minimum atomic E-state index is 0. The normalized spacial score (nSPS) is 11.6. The van der Waals surface area contributed by atoms with Gasteiger partial charge < -0.3 is 65.4 Å². The van der Waals surface area contributed by atoms with Gasteiger partial charge in [0, 0.05) is 44.8 Å². The summed E-state index contributed by atoms with van der Waals surface area (Å²) in [4.78, 5) is 0. The van der Waals surface area contributed by atoms with Crippen LogP contribution in [-0.4, -0.2) is 19.6 Å². The second kappa shape index (κ2) is 63.5. The van der Waals surface area contributed by atoms with E-state index in [0.29, 0.717) is 0 Å². The Morgan fingerprint density at radius 3 is 1.44 bits per heavy atom. The van der Waals surface area contributed by atoms with Crippen LogP contribution >= 0.6 is 0 Å². The maximum absolute atomic E-state index is 6.25. The molecule has 2 rings (SSSR count). The van der Waals surface area contributed by atoms with Crippen molar-refractivity contribution in [3.63, 3.8) is 0 Å². The zero-order chi connectivity index (χ0) is 18.2. The van der Waals surface area contributed by atoms with Gasteiger partial charge in [-0.15, -0.1) is 19.6 Å². The summed E-state index contributed by atoms with van der Waals surface area (Å²) in [6.45, 7) is 26.5. The Kier molecular flexibility index (Phi) is 132. The summed E-state index contributed by atoms with van der Waals surface area (Å²) in [5, 5.41) is 33.2. The van der Waals surface area contributed by atoms with Gasteiger partial charge in [0.15, 0.2) is 0 Å². The van der Waals surface area contributed by atoms with E-state index in [9.17, 15) is 0 Å². The average Bonchev–Trinajstić information content (AvgIpc) is 2.64. The van der Waals surface area contributed by atoms with E-state index in [0.717, 1.165) is 25.6 Å². The van der Waals surface area contributed by atoms with E-state index in [2.05, 4.69) is 30.6 Å². The van der Waals surface area contributed by atoms with Gasteiger partial charge in [0.05, 0.1) is 0 Å². The van der Waals surface area contributed by atoms with Gasteiger partial charge in [-0.25, -0.2) is 0 Å². The SMILES string of the molecule is CC1=CC[N-]C=C1.CC1CC[N-]CC1.[Ag+].[Ag].[Ag].[C-]#N.[C-]#N.[C-]#N.[C-]#N.[CH3-].[Cu+2]. The van der Waals surface area contributed by atoms with Gasteiger partial charge in [0.25, 0.3) is 0 Å². The van der Waals surface area contributed by atoms with Crippen LogP contribution < -0.4 is 0 Å². The predicted octanol–water partition coefficient (Wildman–Crippen LogP) is 4.45. The summed E-state index contributed by atoms with van der Waals surface area (Å²) in [7, 11) is 0. The van der Waals surface area contributed by atoms with E-state index in [1.54, 1.807) is 0 Å². The number of allylic oxidation sites excluding steroid dienone is 2. The molecule has 0 spiro atoms. The van der Waals surface area contributed by atoms with Crippen LogP contribution in [0.2, 0.25) is 0 Å². The van der Waals surface area contributed by atoms with E-state index < -0.39 is 0 Å². The van der Waals surface area contributed by atoms with E-state index >= 15 is 0 Å². The van der Waals surface area contributed by atoms with E-state index in [1.165, 1.54) is 18.4 Å². The van der Waals surface area contributed by atoms with Gasteiger partial charge >= 0.3 is 39.4 Å². The van der Waals surface area contributed by atoms with Crippen molar-refractivity contribution in [3.8, 4) is 0 Å². The second-order valence-corrected chi connectivity index (χ2v) is 3.98. The van der Waals surface area contributed by atoms with Crippen LogP contribution in [0.3, 0.4) is 0 Å². The molecule has 0 aromatic heterocycles. The number of piperidine rings is 1. The molecule has 2 aliphatic rings. The van der Waals surface area contributed by atoms with Crippen molar-refractivity contribution in [1.29, 1.82) is 21.0 Å². The molecule has 2 aliphatic heterocycles. The zero-order valence-electron chi connectivity index (χ0n) is 15.2. The van der Waals surface area contributed by atoms with Gasteiger partial charge in [-0.1, -0.05) is 37.5 Å². The maximum atomic E-state index is 6.25. The molecule has 0 aromatic rings. The molecule has 0 saturated carbocycles. The number of hydrogen-bond acceptors (Lipinski definition) is 4. The first-order valence-electron chi connectivity index (χ1n) is 6.31. The van der Waals surface area contributed by atoms with Crippen LogP contribution in [-0.2, 0) is 84.2 Å². The molecule has 0 aromatic carbocycles. The first-order valence-corrected chi connectivity index (χ1v) is 6.31. The average molecular weight is 699 g/mol. The first-order chi connectivity index (χ1) is 10.8. The molecular weight excluding hydrogens is 675 g/mol. The Morgan fingerprint density at radius 1 is 0.926 bits per heavy atom. The van der Waals surface area contributed by atoms with E-state index in [-0.39, 0.29) is 91.6 Å². The van der Waals surface area contributed by atoms with Crippen molar-refractivity contribution in [2.24, 2.45) is 5.92 Å². The summed E-state index contributed by atoms with van der Waals surface area (Å²) >= 11 is 0. The molecule has 3 radical (unpaired) electrons. The van der Waals surface area contributed by atoms with Crippen LogP contribution in [0.25, 0.3) is 10.6 Å². The molecule has 0 bridgehead atoms. The van der Waals surface area contributed by atoms with Crippen LogP contribution in [0.4, 0.5) is 0 Å². The maximum Gasteiger partial charge on any atom is 2.00 e. The Morgan fingerprint density at radius 2 is 1.30 bits per heavy atom. The van der Waals surface area contributed by atoms with Crippen molar-refractivity contribution in [2.45, 2.75) is 26.7 Å². The van der Waals surface area contributed by atoms with E-state index in [1.807, 2.05) is 12.3 Å². The smallest absolute Gasteiger partial charge is 0.687 e. The molecule has 10 heteroatoms. The molecule has 27 heavy (non-hydrogen) atoms. The summed E-state index contributed by atoms with van der Waals surface area (Å²) in [5.74, 6) is 0.942. The molecular formula is C17H23Ag3CuN6-4. The standard InChI is InChI=1S/C6H12N.C6H8N.4CN.CH3.3Ag.Cu/c2*1-6-2-4-7-5-3-6;4*1-2;;;;;/h6H,2-5H2,1H3;2-4H,5H2,1H3;;;;;1H3;;;;/q7*-1;;;+1;+2. The Bertz CT molecular complexity index is 339. The molecule has 6 nitrogen and oxygen atoms in total. The third-order valence-corrected chi connectivity index (χ3v) is 2.52. The fourth-order valence-corrected chi connectivity index (χ4v) is 1.38. The van der Waals surface area contributed by atoms with Crippen molar-refractivity contribution in [1.82, 2.24) is 0 Å². The number of nitrogens with zero attached hydrogens (tertiary/aromatic N) is 6. The molecule has 1 saturated heterocycles. The topological polar surface area (TPSA) is 123 Å². The van der Waals surface area contributed by atoms with Crippen LogP contribution in [0.5, 0.6) is 0 Å². The summed E-state index contributed by atoms with van der Waals surface area (Å²) in [6, 6.07) is 0. The number of rotatable bonds is 0. The second-order valence-electron chi connectivity index (χ2n) is 3.98. The molecule has 0 atom stereocenters. The van der Waals surface area contributed by atoms with Crippen LogP contribution in [0.1, 0.15) is 26.7 Å². The molecule has 169 valence electrons. The fraction of sp³-hybridized carbons (Fsp3) is 0.471. The van der Waals surface area contributed by atoms with Gasteiger partial charge in [-0.05, 0) is 12.8 Å². The molecule has 2 heterocycles. The largest absolute Gasteiger partial charge is 2.00 e. The monoisotopic (exact) mass is 695 g/mol. The zero-order valence-corrected chi connectivity index (χ0v) is 20.6. The number of hydrogen-bond donors (Lipinski definition) is 0. The first kappa shape index (κ1) is 56.3. The molecule has 0 unspecified atom stereocenters. The van der Waals surface area contributed by atoms with Crippen LogP contribution in [0.15, 0.2) is 23.9 Å². The predicted molar refractivity (Wildman–Crippen MR) is 88.9 cm³/mol. The Balaban J connectivity index is -0.0000000221. The molecule has 1 fully saturated rings. The minimum Gasteiger partial charge on any atom is -0.687 e. The van der Waals surface area contributed by atoms with Crippen molar-refractivity contribution in [2.75, 3.05) is 19.6 Å². The summed E-state index contributed by atoms with van der Waals surface area (Å²) in [5.41, 5.74) is 1.31. The third-order valence-electron chi connectivity index (χ3n) is 2.52. The van der Waals surface area contributed by atoms with Crippen molar-refractivity contribution < 1.29 is 84.2 Å². The molecule has 0 N–H and O–H groups in total. The van der Waals surface area contributed by atoms with Crippen molar-refractivity contribution in [3.05, 3.63) is 68.3 Å². The third kappa shape index (κ3) is 58.5. The summed E-state index contributed by atoms with van der Waals surface area (Å²) in [6.07, 6.45) is 8.58. The van der Waals surface area contributed by atoms with Crippen molar-refractivity contribution >= 4 is 0 Å².